The second kappa shape index (κ2) is 7.40. The van der Waals surface area contributed by atoms with Crippen LogP contribution in [0.5, 0.6) is 0 Å². The van der Waals surface area contributed by atoms with E-state index in [1.54, 1.807) is 12.1 Å². The molecule has 2 amide bonds. The average Bonchev–Trinajstić information content (AvgIpc) is 2.29. The first-order chi connectivity index (χ1) is 9.26. The van der Waals surface area contributed by atoms with Gasteiger partial charge in [0, 0.05) is 15.7 Å². The molecule has 0 spiro atoms. The van der Waals surface area contributed by atoms with Gasteiger partial charge in [-0.2, -0.15) is 0 Å². The molecule has 0 aromatic heterocycles. The Labute approximate surface area is 127 Å². The molecule has 0 heterocycles. The molecule has 5 nitrogen and oxygen atoms in total. The number of nitrogens with one attached hydrogen (secondary N) is 3. The van der Waals surface area contributed by atoms with Crippen LogP contribution in [0, 0.1) is 0 Å². The van der Waals surface area contributed by atoms with Crippen molar-refractivity contribution in [3.05, 3.63) is 28.7 Å². The van der Waals surface area contributed by atoms with Crippen LogP contribution in [0.1, 0.15) is 20.8 Å². The first-order valence-corrected chi connectivity index (χ1v) is 7.13. The van der Waals surface area contributed by atoms with Crippen LogP contribution in [-0.4, -0.2) is 30.4 Å². The summed E-state index contributed by atoms with van der Waals surface area (Å²) < 4.78 is 0.951. The van der Waals surface area contributed by atoms with Crippen molar-refractivity contribution in [2.75, 3.05) is 18.4 Å². The lowest BCUT2D eigenvalue weighted by atomic mass is 10.1. The molecule has 20 heavy (non-hydrogen) atoms. The summed E-state index contributed by atoms with van der Waals surface area (Å²) in [5.74, 6) is -0.315. The molecule has 6 heteroatoms. The van der Waals surface area contributed by atoms with Crippen molar-refractivity contribution in [2.45, 2.75) is 26.3 Å². The maximum absolute atomic E-state index is 11.6. The standard InChI is InChI=1S/C14H20BrN3O2/c1-14(2,3)18-13(20)9-16-8-12(19)17-11-6-4-10(15)5-7-11/h4-7,16H,8-9H2,1-3H3,(H,17,19)(H,18,20). The van der Waals surface area contributed by atoms with E-state index in [4.69, 9.17) is 0 Å². The van der Waals surface area contributed by atoms with E-state index in [-0.39, 0.29) is 30.4 Å². The van der Waals surface area contributed by atoms with Crippen molar-refractivity contribution in [2.24, 2.45) is 0 Å². The predicted octanol–water partition coefficient (Wildman–Crippen LogP) is 1.89. The Kier molecular flexibility index (Phi) is 6.16. The van der Waals surface area contributed by atoms with Crippen LogP contribution in [0.3, 0.4) is 0 Å². The molecule has 0 aliphatic carbocycles. The summed E-state index contributed by atoms with van der Waals surface area (Å²) in [5, 5.41) is 8.35. The first-order valence-electron chi connectivity index (χ1n) is 6.33. The van der Waals surface area contributed by atoms with E-state index in [1.165, 1.54) is 0 Å². The minimum absolute atomic E-state index is 0.0909. The molecular weight excluding hydrogens is 322 g/mol. The van der Waals surface area contributed by atoms with Crippen molar-refractivity contribution in [1.82, 2.24) is 10.6 Å². The summed E-state index contributed by atoms with van der Waals surface area (Å²) >= 11 is 3.32. The van der Waals surface area contributed by atoms with E-state index in [2.05, 4.69) is 31.9 Å². The van der Waals surface area contributed by atoms with E-state index >= 15 is 0 Å². The maximum Gasteiger partial charge on any atom is 0.238 e. The largest absolute Gasteiger partial charge is 0.350 e. The van der Waals surface area contributed by atoms with Gasteiger partial charge in [-0.25, -0.2) is 0 Å². The monoisotopic (exact) mass is 341 g/mol. The van der Waals surface area contributed by atoms with E-state index in [1.807, 2.05) is 32.9 Å². The number of anilines is 1. The van der Waals surface area contributed by atoms with Crippen LogP contribution in [0.25, 0.3) is 0 Å². The second-order valence-corrected chi connectivity index (χ2v) is 6.37. The SMILES string of the molecule is CC(C)(C)NC(=O)CNCC(=O)Nc1ccc(Br)cc1. The van der Waals surface area contributed by atoms with Gasteiger partial charge in [0.2, 0.25) is 11.8 Å². The number of carbonyl (C=O) groups is 2. The maximum atomic E-state index is 11.6. The van der Waals surface area contributed by atoms with Gasteiger partial charge in [0.1, 0.15) is 0 Å². The van der Waals surface area contributed by atoms with Gasteiger partial charge in [-0.05, 0) is 45.0 Å². The number of hydrogen-bond donors (Lipinski definition) is 3. The fourth-order valence-corrected chi connectivity index (χ4v) is 1.75. The van der Waals surface area contributed by atoms with Crippen LogP contribution in [0.4, 0.5) is 5.69 Å². The summed E-state index contributed by atoms with van der Waals surface area (Å²) in [5.41, 5.74) is 0.456. The number of hydrogen-bond acceptors (Lipinski definition) is 3. The molecule has 110 valence electrons. The highest BCUT2D eigenvalue weighted by Crippen LogP contribution is 2.13. The molecule has 0 saturated heterocycles. The highest BCUT2D eigenvalue weighted by molar-refractivity contribution is 9.10. The molecular formula is C14H20BrN3O2. The smallest absolute Gasteiger partial charge is 0.238 e. The Morgan fingerprint density at radius 1 is 1.05 bits per heavy atom. The third-order valence-corrected chi connectivity index (χ3v) is 2.74. The molecule has 0 atom stereocenters. The summed E-state index contributed by atoms with van der Waals surface area (Å²) in [6.07, 6.45) is 0. The van der Waals surface area contributed by atoms with Crippen LogP contribution < -0.4 is 16.0 Å². The summed E-state index contributed by atoms with van der Waals surface area (Å²) in [6, 6.07) is 7.29. The fraction of sp³-hybridized carbons (Fsp3) is 0.429. The van der Waals surface area contributed by atoms with Crippen molar-refractivity contribution in [3.8, 4) is 0 Å². The van der Waals surface area contributed by atoms with Crippen LogP contribution in [0.15, 0.2) is 28.7 Å². The third-order valence-electron chi connectivity index (χ3n) is 2.21. The number of rotatable bonds is 5. The Bertz CT molecular complexity index is 466. The number of amides is 2. The fourth-order valence-electron chi connectivity index (χ4n) is 1.49. The van der Waals surface area contributed by atoms with Gasteiger partial charge < -0.3 is 10.6 Å². The Morgan fingerprint density at radius 3 is 2.15 bits per heavy atom. The van der Waals surface area contributed by atoms with Gasteiger partial charge in [0.15, 0.2) is 0 Å². The Balaban J connectivity index is 2.27. The summed E-state index contributed by atoms with van der Waals surface area (Å²) in [6.45, 7) is 5.93. The zero-order chi connectivity index (χ0) is 15.2. The van der Waals surface area contributed by atoms with E-state index in [9.17, 15) is 9.59 Å². The topological polar surface area (TPSA) is 70.2 Å². The molecule has 0 unspecified atom stereocenters. The van der Waals surface area contributed by atoms with Crippen LogP contribution in [-0.2, 0) is 9.59 Å². The Hall–Kier alpha value is -1.40. The number of benzene rings is 1. The van der Waals surface area contributed by atoms with Crippen molar-refractivity contribution < 1.29 is 9.59 Å². The van der Waals surface area contributed by atoms with Crippen LogP contribution in [0.2, 0.25) is 0 Å². The quantitative estimate of drug-likeness (QED) is 0.765. The van der Waals surface area contributed by atoms with E-state index < -0.39 is 0 Å². The Morgan fingerprint density at radius 2 is 1.60 bits per heavy atom. The molecule has 0 aliphatic heterocycles. The van der Waals surface area contributed by atoms with Crippen molar-refractivity contribution >= 4 is 33.4 Å². The van der Waals surface area contributed by atoms with Crippen molar-refractivity contribution in [3.63, 3.8) is 0 Å². The molecule has 0 fully saturated rings. The molecule has 0 bridgehead atoms. The van der Waals surface area contributed by atoms with Gasteiger partial charge in [-0.1, -0.05) is 15.9 Å². The summed E-state index contributed by atoms with van der Waals surface area (Å²) in [4.78, 5) is 23.2. The lowest BCUT2D eigenvalue weighted by Gasteiger charge is -2.20. The molecule has 1 rings (SSSR count). The van der Waals surface area contributed by atoms with Gasteiger partial charge in [0.25, 0.3) is 0 Å². The lowest BCUT2D eigenvalue weighted by Crippen LogP contribution is -2.45. The molecule has 1 aromatic rings. The lowest BCUT2D eigenvalue weighted by molar-refractivity contribution is -0.121. The molecule has 3 N–H and O–H groups in total. The molecule has 0 aliphatic rings. The highest BCUT2D eigenvalue weighted by atomic mass is 79.9. The van der Waals surface area contributed by atoms with Gasteiger partial charge in [0.05, 0.1) is 13.1 Å². The van der Waals surface area contributed by atoms with Gasteiger partial charge >= 0.3 is 0 Å². The average molecular weight is 342 g/mol. The summed E-state index contributed by atoms with van der Waals surface area (Å²) in [7, 11) is 0. The van der Waals surface area contributed by atoms with Gasteiger partial charge in [-0.15, -0.1) is 0 Å². The normalized spacial score (nSPS) is 11.0. The third kappa shape index (κ3) is 7.25. The van der Waals surface area contributed by atoms with E-state index in [0.717, 1.165) is 10.2 Å². The highest BCUT2D eigenvalue weighted by Gasteiger charge is 2.13. The zero-order valence-electron chi connectivity index (χ0n) is 11.9. The van der Waals surface area contributed by atoms with Crippen molar-refractivity contribution in [1.29, 1.82) is 0 Å². The number of halogens is 1. The van der Waals surface area contributed by atoms with Gasteiger partial charge in [-0.3, -0.25) is 14.9 Å². The first kappa shape index (κ1) is 16.7. The minimum atomic E-state index is -0.265. The molecule has 0 saturated carbocycles. The second-order valence-electron chi connectivity index (χ2n) is 5.46. The molecule has 1 aromatic carbocycles. The van der Waals surface area contributed by atoms with E-state index in [0.29, 0.717) is 0 Å². The minimum Gasteiger partial charge on any atom is -0.350 e. The zero-order valence-corrected chi connectivity index (χ0v) is 13.5. The number of carbonyl (C=O) groups excluding carboxylic acids is 2. The molecule has 0 radical (unpaired) electrons. The predicted molar refractivity (Wildman–Crippen MR) is 83.5 cm³/mol. The van der Waals surface area contributed by atoms with Crippen LogP contribution >= 0.6 is 15.9 Å².